The molecule has 0 spiro atoms. The fraction of sp³-hybridized carbons (Fsp3) is 0.304. The molecule has 3 heterocycles. The lowest BCUT2D eigenvalue weighted by atomic mass is 9.98. The van der Waals surface area contributed by atoms with Crippen LogP contribution in [0.4, 0.5) is 0 Å². The molecule has 7 nitrogen and oxygen atoms in total. The Bertz CT molecular complexity index is 1220. The Labute approximate surface area is 191 Å². The number of sulfonamides is 1. The second-order valence-corrected chi connectivity index (χ2v) is 10.9. The first-order chi connectivity index (χ1) is 15.4. The molecule has 0 radical (unpaired) electrons. The molecule has 168 valence electrons. The molecule has 3 aromatic rings. The summed E-state index contributed by atoms with van der Waals surface area (Å²) in [7, 11) is -3.54. The normalized spacial score (nSPS) is 17.2. The maximum Gasteiger partial charge on any atom is 0.252 e. The molecule has 0 saturated carbocycles. The van der Waals surface area contributed by atoms with Crippen LogP contribution in [0.2, 0.25) is 0 Å². The number of thiophene rings is 1. The largest absolute Gasteiger partial charge is 0.352 e. The Morgan fingerprint density at radius 3 is 2.56 bits per heavy atom. The molecule has 1 aliphatic rings. The van der Waals surface area contributed by atoms with E-state index in [9.17, 15) is 18.0 Å². The van der Waals surface area contributed by atoms with Crippen molar-refractivity contribution in [3.8, 4) is 0 Å². The van der Waals surface area contributed by atoms with E-state index >= 15 is 0 Å². The van der Waals surface area contributed by atoms with Crippen LogP contribution in [0, 0.1) is 5.92 Å². The molecule has 1 amide bonds. The minimum absolute atomic E-state index is 0.0496. The summed E-state index contributed by atoms with van der Waals surface area (Å²) < 4.78 is 28.9. The molecule has 1 aromatic carbocycles. The van der Waals surface area contributed by atoms with Crippen LogP contribution in [0.15, 0.2) is 75.2 Å². The van der Waals surface area contributed by atoms with E-state index in [1.54, 1.807) is 34.3 Å². The van der Waals surface area contributed by atoms with Gasteiger partial charge in [0, 0.05) is 31.9 Å². The molecule has 0 bridgehead atoms. The van der Waals surface area contributed by atoms with Crippen molar-refractivity contribution < 1.29 is 13.2 Å². The third-order valence-corrected chi connectivity index (χ3v) is 8.82. The van der Waals surface area contributed by atoms with Crippen LogP contribution in [0.25, 0.3) is 0 Å². The van der Waals surface area contributed by atoms with Crippen LogP contribution >= 0.6 is 11.3 Å². The smallest absolute Gasteiger partial charge is 0.252 e. The molecule has 32 heavy (non-hydrogen) atoms. The predicted molar refractivity (Wildman–Crippen MR) is 124 cm³/mol. The number of hydrogen-bond acceptors (Lipinski definition) is 5. The number of carbonyl (C=O) groups is 1. The van der Waals surface area contributed by atoms with Gasteiger partial charge < -0.3 is 9.88 Å². The number of benzene rings is 1. The van der Waals surface area contributed by atoms with Crippen LogP contribution in [0.5, 0.6) is 0 Å². The number of carbonyl (C=O) groups excluding carboxylic acids is 1. The molecule has 1 aliphatic heterocycles. The van der Waals surface area contributed by atoms with Gasteiger partial charge in [-0.3, -0.25) is 9.59 Å². The van der Waals surface area contributed by atoms with Gasteiger partial charge >= 0.3 is 0 Å². The van der Waals surface area contributed by atoms with Gasteiger partial charge in [0.1, 0.15) is 4.21 Å². The number of nitrogens with one attached hydrogen (secondary N) is 1. The zero-order chi connectivity index (χ0) is 22.6. The number of hydrogen-bond donors (Lipinski definition) is 1. The van der Waals surface area contributed by atoms with Crippen molar-refractivity contribution in [1.29, 1.82) is 0 Å². The number of rotatable bonds is 7. The summed E-state index contributed by atoms with van der Waals surface area (Å²) in [5, 5.41) is 4.68. The average molecular weight is 472 g/mol. The van der Waals surface area contributed by atoms with Crippen LogP contribution in [-0.4, -0.2) is 36.3 Å². The molecular weight excluding hydrogens is 446 g/mol. The highest BCUT2D eigenvalue weighted by atomic mass is 32.2. The number of piperidine rings is 1. The topological polar surface area (TPSA) is 88.5 Å². The van der Waals surface area contributed by atoms with Crippen LogP contribution in [0.3, 0.4) is 0 Å². The van der Waals surface area contributed by atoms with Gasteiger partial charge in [-0.15, -0.1) is 11.3 Å². The highest BCUT2D eigenvalue weighted by Gasteiger charge is 2.33. The summed E-state index contributed by atoms with van der Waals surface area (Å²) in [4.78, 5) is 24.6. The summed E-state index contributed by atoms with van der Waals surface area (Å²) in [6.45, 7) is 1.51. The molecule has 4 rings (SSSR count). The monoisotopic (exact) mass is 471 g/mol. The molecule has 2 aromatic heterocycles. The van der Waals surface area contributed by atoms with Crippen LogP contribution in [-0.2, 0) is 27.9 Å². The maximum atomic E-state index is 12.8. The van der Waals surface area contributed by atoms with Crippen LogP contribution in [0.1, 0.15) is 24.0 Å². The van der Waals surface area contributed by atoms with Gasteiger partial charge in [-0.2, -0.15) is 4.31 Å². The molecule has 1 saturated heterocycles. The van der Waals surface area contributed by atoms with E-state index in [-0.39, 0.29) is 23.9 Å². The average Bonchev–Trinajstić information content (AvgIpc) is 3.36. The fourth-order valence-corrected chi connectivity index (χ4v) is 6.46. The molecular formula is C23H25N3O4S2. The van der Waals surface area contributed by atoms with E-state index in [1.165, 1.54) is 21.7 Å². The number of aromatic nitrogens is 1. The summed E-state index contributed by atoms with van der Waals surface area (Å²) >= 11 is 1.19. The van der Waals surface area contributed by atoms with Crippen molar-refractivity contribution in [2.75, 3.05) is 13.1 Å². The van der Waals surface area contributed by atoms with Gasteiger partial charge in [0.05, 0.1) is 12.5 Å². The van der Waals surface area contributed by atoms with E-state index in [4.69, 9.17) is 0 Å². The Morgan fingerprint density at radius 1 is 1.06 bits per heavy atom. The highest BCUT2D eigenvalue weighted by Crippen LogP contribution is 2.26. The molecule has 1 atom stereocenters. The van der Waals surface area contributed by atoms with Crippen molar-refractivity contribution in [2.24, 2.45) is 5.92 Å². The maximum absolute atomic E-state index is 12.8. The fourth-order valence-electron chi connectivity index (χ4n) is 3.80. The van der Waals surface area contributed by atoms with E-state index in [2.05, 4.69) is 5.32 Å². The summed E-state index contributed by atoms with van der Waals surface area (Å²) in [5.41, 5.74) is 1.89. The van der Waals surface area contributed by atoms with Gasteiger partial charge in [-0.25, -0.2) is 8.42 Å². The first-order valence-electron chi connectivity index (χ1n) is 10.5. The number of pyridine rings is 1. The SMILES string of the molecule is O=C(NCc1ccc(Cn2ccccc2=O)cc1)C1CCCN(S(=O)(=O)c2cccs2)C1. The lowest BCUT2D eigenvalue weighted by Crippen LogP contribution is -2.45. The van der Waals surface area contributed by atoms with E-state index in [1.807, 2.05) is 30.3 Å². The molecule has 1 N–H and O–H groups in total. The minimum Gasteiger partial charge on any atom is -0.352 e. The first kappa shape index (κ1) is 22.4. The molecule has 1 fully saturated rings. The summed E-state index contributed by atoms with van der Waals surface area (Å²) in [5.74, 6) is -0.487. The van der Waals surface area contributed by atoms with E-state index in [0.717, 1.165) is 11.1 Å². The lowest BCUT2D eigenvalue weighted by molar-refractivity contribution is -0.126. The highest BCUT2D eigenvalue weighted by molar-refractivity contribution is 7.91. The number of nitrogens with zero attached hydrogens (tertiary/aromatic N) is 2. The van der Waals surface area contributed by atoms with Gasteiger partial charge in [-0.1, -0.05) is 36.4 Å². The molecule has 1 unspecified atom stereocenters. The quantitative estimate of drug-likeness (QED) is 0.574. The second-order valence-electron chi connectivity index (χ2n) is 7.84. The van der Waals surface area contributed by atoms with Gasteiger partial charge in [0.15, 0.2) is 0 Å². The standard InChI is InChI=1S/C23H25N3O4S2/c27-21-6-1-2-12-25(21)16-19-10-8-18(9-11-19)15-24-23(28)20-5-3-13-26(17-20)32(29,30)22-7-4-14-31-22/h1-2,4,6-12,14,20H,3,5,13,15-17H2,(H,24,28). The molecule has 0 aliphatic carbocycles. The Balaban J connectivity index is 1.32. The van der Waals surface area contributed by atoms with Gasteiger partial charge in [-0.05, 0) is 41.5 Å². The Kier molecular flexibility index (Phi) is 6.88. The first-order valence-corrected chi connectivity index (χ1v) is 12.8. The van der Waals surface area contributed by atoms with Crippen molar-refractivity contribution in [3.63, 3.8) is 0 Å². The third kappa shape index (κ3) is 5.17. The van der Waals surface area contributed by atoms with Crippen molar-refractivity contribution in [3.05, 3.63) is 87.7 Å². The third-order valence-electron chi connectivity index (χ3n) is 5.59. The minimum atomic E-state index is -3.54. The zero-order valence-corrected chi connectivity index (χ0v) is 19.1. The van der Waals surface area contributed by atoms with Crippen molar-refractivity contribution in [2.45, 2.75) is 30.1 Å². The van der Waals surface area contributed by atoms with Crippen LogP contribution < -0.4 is 10.9 Å². The van der Waals surface area contributed by atoms with Crippen molar-refractivity contribution in [1.82, 2.24) is 14.2 Å². The van der Waals surface area contributed by atoms with E-state index < -0.39 is 10.0 Å². The lowest BCUT2D eigenvalue weighted by Gasteiger charge is -2.30. The number of amides is 1. The Hall–Kier alpha value is -2.75. The van der Waals surface area contributed by atoms with Gasteiger partial charge in [0.2, 0.25) is 5.91 Å². The Morgan fingerprint density at radius 2 is 1.84 bits per heavy atom. The zero-order valence-electron chi connectivity index (χ0n) is 17.5. The summed E-state index contributed by atoms with van der Waals surface area (Å²) in [6.07, 6.45) is 3.09. The van der Waals surface area contributed by atoms with E-state index in [0.29, 0.717) is 36.7 Å². The summed E-state index contributed by atoms with van der Waals surface area (Å²) in [6, 6.07) is 16.1. The predicted octanol–water partition coefficient (Wildman–Crippen LogP) is 2.68. The van der Waals surface area contributed by atoms with Gasteiger partial charge in [0.25, 0.3) is 15.6 Å². The van der Waals surface area contributed by atoms with Crippen molar-refractivity contribution >= 4 is 27.3 Å². The molecule has 9 heteroatoms. The second kappa shape index (κ2) is 9.81.